The van der Waals surface area contributed by atoms with E-state index < -0.39 is 18.4 Å². The first kappa shape index (κ1) is 29.9. The normalized spacial score (nSPS) is 18.8. The molecule has 12 heteroatoms. The van der Waals surface area contributed by atoms with Crippen LogP contribution in [-0.2, 0) is 14.3 Å². The van der Waals surface area contributed by atoms with Gasteiger partial charge in [0.05, 0.1) is 15.8 Å². The molecule has 2 aromatic rings. The van der Waals surface area contributed by atoms with Crippen LogP contribution in [0.3, 0.4) is 0 Å². The summed E-state index contributed by atoms with van der Waals surface area (Å²) in [5.41, 5.74) is -0.0413. The number of carbonyl (C=O) groups excluding carboxylic acids is 3. The van der Waals surface area contributed by atoms with Crippen LogP contribution >= 0.6 is 22.9 Å². The molecule has 222 valence electrons. The first-order valence-corrected chi connectivity index (χ1v) is 15.4. The van der Waals surface area contributed by atoms with Crippen molar-refractivity contribution in [2.24, 2.45) is 11.8 Å². The predicted octanol–water partition coefficient (Wildman–Crippen LogP) is 5.34. The average molecular weight is 609 g/mol. The number of alkyl halides is 2. The molecule has 41 heavy (non-hydrogen) atoms. The van der Waals surface area contributed by atoms with Gasteiger partial charge in [0.1, 0.15) is 12.6 Å². The van der Waals surface area contributed by atoms with E-state index in [1.165, 1.54) is 17.0 Å². The molecule has 0 radical (unpaired) electrons. The lowest BCUT2D eigenvalue weighted by molar-refractivity contribution is -0.125. The Labute approximate surface area is 247 Å². The number of amides is 3. The van der Waals surface area contributed by atoms with E-state index in [9.17, 15) is 23.2 Å². The number of anilines is 2. The van der Waals surface area contributed by atoms with Gasteiger partial charge in [-0.25, -0.2) is 8.78 Å². The summed E-state index contributed by atoms with van der Waals surface area (Å²) in [6.07, 6.45) is 3.80. The van der Waals surface area contributed by atoms with Crippen LogP contribution < -0.4 is 15.5 Å². The van der Waals surface area contributed by atoms with E-state index in [-0.39, 0.29) is 42.8 Å². The molecule has 0 bridgehead atoms. The summed E-state index contributed by atoms with van der Waals surface area (Å²) in [5, 5.41) is 5.62. The molecule has 1 saturated heterocycles. The number of ether oxygens (including phenoxy) is 1. The largest absolute Gasteiger partial charge is 0.370 e. The average Bonchev–Trinajstić information content (AvgIpc) is 3.34. The van der Waals surface area contributed by atoms with Crippen LogP contribution in [0, 0.1) is 11.8 Å². The number of hydrogen-bond donors (Lipinski definition) is 2. The second-order valence-electron chi connectivity index (χ2n) is 11.0. The number of hydrogen-bond acceptors (Lipinski definition) is 6. The van der Waals surface area contributed by atoms with Gasteiger partial charge >= 0.3 is 0 Å². The number of halogens is 3. The maximum Gasteiger partial charge on any atom is 0.265 e. The van der Waals surface area contributed by atoms with Gasteiger partial charge in [-0.15, -0.1) is 11.3 Å². The summed E-state index contributed by atoms with van der Waals surface area (Å²) >= 11 is 7.16. The van der Waals surface area contributed by atoms with Crippen LogP contribution in [0.25, 0.3) is 0 Å². The van der Waals surface area contributed by atoms with Crippen molar-refractivity contribution in [2.45, 2.75) is 51.0 Å². The standard InChI is InChI=1S/C29H35ClF2N4O4S/c30-25-10-9-24(41-25)29(39)33-14-23(35(15-18-3-1-4-18)16-19-5-2-6-19)28(38)34-22-8-7-20(13-21(22)27(31)32)36-11-12-40-17-26(36)37/h7-10,13,18-19,23,27H,1-6,11-12,14-17H2,(H,33,39)(H,34,38)/t23-/m1/s1. The summed E-state index contributed by atoms with van der Waals surface area (Å²) in [7, 11) is 0. The Balaban J connectivity index is 1.37. The van der Waals surface area contributed by atoms with Crippen molar-refractivity contribution in [3.63, 3.8) is 0 Å². The Kier molecular flexibility index (Phi) is 9.90. The van der Waals surface area contributed by atoms with Gasteiger partial charge in [0.25, 0.3) is 18.2 Å². The fraction of sp³-hybridized carbons (Fsp3) is 0.552. The highest BCUT2D eigenvalue weighted by Crippen LogP contribution is 2.34. The lowest BCUT2D eigenvalue weighted by Crippen LogP contribution is -2.54. The molecule has 1 aromatic carbocycles. The Bertz CT molecular complexity index is 1240. The summed E-state index contributed by atoms with van der Waals surface area (Å²) in [6, 6.07) is 6.76. The summed E-state index contributed by atoms with van der Waals surface area (Å²) < 4.78 is 34.1. The number of benzene rings is 1. The molecule has 2 aliphatic carbocycles. The number of carbonyl (C=O) groups is 3. The zero-order valence-electron chi connectivity index (χ0n) is 22.8. The lowest BCUT2D eigenvalue weighted by atomic mass is 9.82. The highest BCUT2D eigenvalue weighted by atomic mass is 35.5. The topological polar surface area (TPSA) is 91.0 Å². The minimum absolute atomic E-state index is 0.0111. The Morgan fingerprint density at radius 1 is 1.10 bits per heavy atom. The van der Waals surface area contributed by atoms with Gasteiger partial charge in [-0.2, -0.15) is 0 Å². The van der Waals surface area contributed by atoms with Crippen molar-refractivity contribution in [3.8, 4) is 0 Å². The van der Waals surface area contributed by atoms with Crippen LogP contribution in [0.4, 0.5) is 20.2 Å². The Morgan fingerprint density at radius 2 is 1.80 bits per heavy atom. The molecule has 1 aromatic heterocycles. The molecule has 8 nitrogen and oxygen atoms in total. The zero-order chi connectivity index (χ0) is 28.9. The molecule has 2 saturated carbocycles. The molecule has 5 rings (SSSR count). The van der Waals surface area contributed by atoms with E-state index in [4.69, 9.17) is 16.3 Å². The molecule has 2 N–H and O–H groups in total. The minimum Gasteiger partial charge on any atom is -0.370 e. The van der Waals surface area contributed by atoms with Gasteiger partial charge in [0, 0.05) is 43.1 Å². The van der Waals surface area contributed by atoms with E-state index in [2.05, 4.69) is 15.5 Å². The van der Waals surface area contributed by atoms with E-state index in [1.807, 2.05) is 0 Å². The van der Waals surface area contributed by atoms with Gasteiger partial charge in [0.2, 0.25) is 5.91 Å². The van der Waals surface area contributed by atoms with E-state index in [0.717, 1.165) is 63.0 Å². The summed E-state index contributed by atoms with van der Waals surface area (Å²) in [5.74, 6) is -0.151. The Morgan fingerprint density at radius 3 is 2.37 bits per heavy atom. The second kappa shape index (κ2) is 13.6. The molecule has 0 unspecified atom stereocenters. The highest BCUT2D eigenvalue weighted by Gasteiger charge is 2.34. The highest BCUT2D eigenvalue weighted by molar-refractivity contribution is 7.18. The third-order valence-electron chi connectivity index (χ3n) is 8.26. The number of nitrogens with zero attached hydrogens (tertiary/aromatic N) is 2. The smallest absolute Gasteiger partial charge is 0.265 e. The van der Waals surface area contributed by atoms with Crippen molar-refractivity contribution in [3.05, 3.63) is 45.1 Å². The van der Waals surface area contributed by atoms with E-state index in [1.54, 1.807) is 18.2 Å². The number of rotatable bonds is 12. The molecule has 2 heterocycles. The van der Waals surface area contributed by atoms with Crippen LogP contribution in [0.2, 0.25) is 4.34 Å². The van der Waals surface area contributed by atoms with Gasteiger partial charge in [-0.3, -0.25) is 19.3 Å². The van der Waals surface area contributed by atoms with Gasteiger partial charge in [0.15, 0.2) is 0 Å². The fourth-order valence-electron chi connectivity index (χ4n) is 5.46. The zero-order valence-corrected chi connectivity index (χ0v) is 24.3. The van der Waals surface area contributed by atoms with E-state index >= 15 is 0 Å². The molecule has 0 spiro atoms. The first-order chi connectivity index (χ1) is 19.8. The molecule has 1 atom stereocenters. The maximum absolute atomic E-state index is 14.2. The maximum atomic E-state index is 14.2. The van der Waals surface area contributed by atoms with Gasteiger partial charge < -0.3 is 20.3 Å². The van der Waals surface area contributed by atoms with Crippen molar-refractivity contribution < 1.29 is 27.9 Å². The molecule has 1 aliphatic heterocycles. The molecular weight excluding hydrogens is 574 g/mol. The third kappa shape index (κ3) is 7.43. The molecule has 3 fully saturated rings. The van der Waals surface area contributed by atoms with Crippen LogP contribution in [0.5, 0.6) is 0 Å². The second-order valence-corrected chi connectivity index (χ2v) is 12.8. The monoisotopic (exact) mass is 608 g/mol. The fourth-order valence-corrected chi connectivity index (χ4v) is 6.42. The van der Waals surface area contributed by atoms with Gasteiger partial charge in [-0.05, 0) is 67.9 Å². The van der Waals surface area contributed by atoms with Crippen LogP contribution in [0.1, 0.15) is 60.2 Å². The van der Waals surface area contributed by atoms with Crippen molar-refractivity contribution in [1.29, 1.82) is 0 Å². The predicted molar refractivity (Wildman–Crippen MR) is 155 cm³/mol. The van der Waals surface area contributed by atoms with E-state index in [0.29, 0.717) is 33.3 Å². The van der Waals surface area contributed by atoms with Crippen molar-refractivity contribution >= 4 is 52.0 Å². The SMILES string of the molecule is O=C(NC[C@H](C(=O)Nc1ccc(N2CCOCC2=O)cc1C(F)F)N(CC1CCC1)CC1CCC1)c1ccc(Cl)s1. The number of thiophene rings is 1. The van der Waals surface area contributed by atoms with Crippen molar-refractivity contribution in [2.75, 3.05) is 49.6 Å². The quantitative estimate of drug-likeness (QED) is 0.339. The number of morpholine rings is 1. The Hall–Kier alpha value is -2.60. The third-order valence-corrected chi connectivity index (χ3v) is 9.49. The lowest BCUT2D eigenvalue weighted by Gasteiger charge is -2.40. The summed E-state index contributed by atoms with van der Waals surface area (Å²) in [6.45, 7) is 1.94. The van der Waals surface area contributed by atoms with Crippen molar-refractivity contribution in [1.82, 2.24) is 10.2 Å². The molecule has 3 aliphatic rings. The molecule has 3 amide bonds. The van der Waals surface area contributed by atoms with Crippen LogP contribution in [0.15, 0.2) is 30.3 Å². The number of nitrogens with one attached hydrogen (secondary N) is 2. The van der Waals surface area contributed by atoms with Crippen LogP contribution in [-0.4, -0.2) is 68.1 Å². The minimum atomic E-state index is -2.87. The summed E-state index contributed by atoms with van der Waals surface area (Å²) in [4.78, 5) is 42.9. The van der Waals surface area contributed by atoms with Gasteiger partial charge in [-0.1, -0.05) is 24.4 Å². The molecular formula is C29H35ClF2N4O4S. The first-order valence-electron chi connectivity index (χ1n) is 14.2.